The van der Waals surface area contributed by atoms with Crippen molar-refractivity contribution >= 4 is 23.3 Å². The summed E-state index contributed by atoms with van der Waals surface area (Å²) in [6.07, 6.45) is 1.82. The third kappa shape index (κ3) is 4.71. The van der Waals surface area contributed by atoms with Crippen LogP contribution in [-0.2, 0) is 6.61 Å². The van der Waals surface area contributed by atoms with Gasteiger partial charge < -0.3 is 14.7 Å². The Morgan fingerprint density at radius 1 is 1.13 bits per heavy atom. The van der Waals surface area contributed by atoms with Crippen molar-refractivity contribution in [1.29, 1.82) is 5.26 Å². The van der Waals surface area contributed by atoms with Crippen molar-refractivity contribution in [3.63, 3.8) is 0 Å². The number of carboxylic acid groups (broad SMARTS) is 1. The summed E-state index contributed by atoms with van der Waals surface area (Å²) in [5, 5.41) is 19.4. The van der Waals surface area contributed by atoms with Crippen molar-refractivity contribution in [2.75, 3.05) is 11.4 Å². The second-order valence-corrected chi connectivity index (χ2v) is 7.68. The van der Waals surface area contributed by atoms with Crippen molar-refractivity contribution in [2.45, 2.75) is 12.5 Å². The van der Waals surface area contributed by atoms with E-state index in [9.17, 15) is 10.1 Å². The van der Waals surface area contributed by atoms with Gasteiger partial charge in [0.25, 0.3) is 0 Å². The molecule has 0 spiro atoms. The molecular weight excluding hydrogens is 412 g/mol. The summed E-state index contributed by atoms with van der Waals surface area (Å²) >= 11 is 5.92. The summed E-state index contributed by atoms with van der Waals surface area (Å²) in [5.41, 5.74) is 3.73. The molecule has 0 aliphatic carbocycles. The summed E-state index contributed by atoms with van der Waals surface area (Å²) in [5.74, 6) is -0.327. The number of benzene rings is 3. The fourth-order valence-corrected chi connectivity index (χ4v) is 3.67. The number of nitrogens with zero attached hydrogens (tertiary/aromatic N) is 2. The highest BCUT2D eigenvalue weighted by atomic mass is 35.5. The number of hydrogen-bond acceptors (Lipinski definition) is 4. The molecule has 6 heteroatoms. The predicted octanol–water partition coefficient (Wildman–Crippen LogP) is 5.63. The van der Waals surface area contributed by atoms with Crippen LogP contribution in [0.15, 0.2) is 84.6 Å². The van der Waals surface area contributed by atoms with Gasteiger partial charge >= 0.3 is 5.97 Å². The molecule has 0 fully saturated rings. The van der Waals surface area contributed by atoms with E-state index in [4.69, 9.17) is 21.4 Å². The number of ether oxygens (including phenoxy) is 1. The predicted molar refractivity (Wildman–Crippen MR) is 119 cm³/mol. The molecule has 0 saturated carbocycles. The van der Waals surface area contributed by atoms with E-state index >= 15 is 0 Å². The Balaban J connectivity index is 1.49. The van der Waals surface area contributed by atoms with Crippen LogP contribution in [0, 0.1) is 11.3 Å². The molecule has 3 aromatic carbocycles. The Kier molecular flexibility index (Phi) is 5.92. The Hall–Kier alpha value is -3.75. The highest BCUT2D eigenvalue weighted by Crippen LogP contribution is 2.35. The number of hydrogen-bond donors (Lipinski definition) is 1. The lowest BCUT2D eigenvalue weighted by molar-refractivity contribution is 0.0697. The molecule has 1 aliphatic heterocycles. The first-order chi connectivity index (χ1) is 15.0. The van der Waals surface area contributed by atoms with Gasteiger partial charge in [0.15, 0.2) is 0 Å². The number of carboxylic acids is 1. The van der Waals surface area contributed by atoms with E-state index in [0.717, 1.165) is 22.6 Å². The molecule has 1 heterocycles. The lowest BCUT2D eigenvalue weighted by Gasteiger charge is -2.19. The minimum absolute atomic E-state index is 0.0942. The van der Waals surface area contributed by atoms with Crippen LogP contribution in [-0.4, -0.2) is 17.6 Å². The van der Waals surface area contributed by atoms with E-state index in [2.05, 4.69) is 6.07 Å². The maximum atomic E-state index is 11.1. The molecule has 0 bridgehead atoms. The Labute approximate surface area is 185 Å². The van der Waals surface area contributed by atoms with Gasteiger partial charge in [-0.25, -0.2) is 4.79 Å². The van der Waals surface area contributed by atoms with Crippen molar-refractivity contribution in [3.8, 4) is 11.8 Å². The first kappa shape index (κ1) is 20.5. The standard InChI is InChI=1S/C25H19ClN2O3/c26-21-8-4-17(5-9-21)16-31-23-3-1-2-19(12-23)24-15-28(14-20(24)13-27)22-10-6-18(7-11-22)25(29)30/h1-12,14,24H,15-16H2,(H,29,30). The summed E-state index contributed by atoms with van der Waals surface area (Å²) < 4.78 is 5.93. The van der Waals surface area contributed by atoms with Crippen LogP contribution in [0.2, 0.25) is 5.02 Å². The van der Waals surface area contributed by atoms with Gasteiger partial charge in [0.05, 0.1) is 17.2 Å². The van der Waals surface area contributed by atoms with Crippen LogP contribution < -0.4 is 9.64 Å². The van der Waals surface area contributed by atoms with Gasteiger partial charge in [0, 0.05) is 29.4 Å². The number of halogens is 1. The van der Waals surface area contributed by atoms with Crippen LogP contribution in [0.3, 0.4) is 0 Å². The smallest absolute Gasteiger partial charge is 0.335 e. The van der Waals surface area contributed by atoms with Gasteiger partial charge in [-0.3, -0.25) is 0 Å². The molecule has 1 atom stereocenters. The quantitative estimate of drug-likeness (QED) is 0.548. The zero-order valence-electron chi connectivity index (χ0n) is 16.5. The van der Waals surface area contributed by atoms with Gasteiger partial charge in [0.2, 0.25) is 0 Å². The summed E-state index contributed by atoms with van der Waals surface area (Å²) in [6.45, 7) is 1.02. The van der Waals surface area contributed by atoms with Crippen LogP contribution in [0.1, 0.15) is 27.4 Å². The average Bonchev–Trinajstić information content (AvgIpc) is 3.23. The Morgan fingerprint density at radius 2 is 1.87 bits per heavy atom. The first-order valence-electron chi connectivity index (χ1n) is 9.72. The molecule has 3 aromatic rings. The van der Waals surface area contributed by atoms with E-state index in [-0.39, 0.29) is 11.5 Å². The van der Waals surface area contributed by atoms with Crippen molar-refractivity contribution in [2.24, 2.45) is 0 Å². The summed E-state index contributed by atoms with van der Waals surface area (Å²) in [6, 6.07) is 24.2. The fourth-order valence-electron chi connectivity index (χ4n) is 3.54. The third-order valence-corrected chi connectivity index (χ3v) is 5.46. The fraction of sp³-hybridized carbons (Fsp3) is 0.120. The highest BCUT2D eigenvalue weighted by molar-refractivity contribution is 6.30. The van der Waals surface area contributed by atoms with Gasteiger partial charge in [-0.05, 0) is 59.7 Å². The van der Waals surface area contributed by atoms with Crippen molar-refractivity contribution in [1.82, 2.24) is 0 Å². The van der Waals surface area contributed by atoms with Crippen molar-refractivity contribution < 1.29 is 14.6 Å². The second kappa shape index (κ2) is 8.95. The van der Waals surface area contributed by atoms with Crippen LogP contribution in [0.5, 0.6) is 5.75 Å². The summed E-state index contributed by atoms with van der Waals surface area (Å²) in [4.78, 5) is 13.0. The maximum Gasteiger partial charge on any atom is 0.335 e. The molecule has 154 valence electrons. The molecular formula is C25H19ClN2O3. The van der Waals surface area contributed by atoms with Gasteiger partial charge in [-0.15, -0.1) is 0 Å². The SMILES string of the molecule is N#CC1=CN(c2ccc(C(=O)O)cc2)CC1c1cccc(OCc2ccc(Cl)cc2)c1. The molecule has 4 rings (SSSR count). The normalized spacial score (nSPS) is 15.3. The number of rotatable bonds is 6. The lowest BCUT2D eigenvalue weighted by atomic mass is 9.94. The van der Waals surface area contributed by atoms with E-state index in [1.165, 1.54) is 0 Å². The Morgan fingerprint density at radius 3 is 2.55 bits per heavy atom. The minimum atomic E-state index is -0.963. The number of nitriles is 1. The zero-order valence-corrected chi connectivity index (χ0v) is 17.3. The molecule has 0 saturated heterocycles. The number of aromatic carboxylic acids is 1. The average molecular weight is 431 g/mol. The van der Waals surface area contributed by atoms with Gasteiger partial charge in [0.1, 0.15) is 12.4 Å². The van der Waals surface area contributed by atoms with Gasteiger partial charge in [-0.2, -0.15) is 5.26 Å². The molecule has 0 amide bonds. The first-order valence-corrected chi connectivity index (χ1v) is 10.1. The van der Waals surface area contributed by atoms with Crippen LogP contribution in [0.25, 0.3) is 0 Å². The third-order valence-electron chi connectivity index (χ3n) is 5.20. The zero-order chi connectivity index (χ0) is 21.8. The molecule has 1 aliphatic rings. The second-order valence-electron chi connectivity index (χ2n) is 7.24. The topological polar surface area (TPSA) is 73.6 Å². The van der Waals surface area contributed by atoms with Crippen LogP contribution >= 0.6 is 11.6 Å². The summed E-state index contributed by atoms with van der Waals surface area (Å²) in [7, 11) is 0. The van der Waals surface area contributed by atoms with E-state index in [0.29, 0.717) is 23.7 Å². The molecule has 5 nitrogen and oxygen atoms in total. The highest BCUT2D eigenvalue weighted by Gasteiger charge is 2.27. The van der Waals surface area contributed by atoms with E-state index in [1.807, 2.05) is 59.6 Å². The van der Waals surface area contributed by atoms with E-state index in [1.54, 1.807) is 24.3 Å². The lowest BCUT2D eigenvalue weighted by Crippen LogP contribution is -2.16. The molecule has 0 radical (unpaired) electrons. The monoisotopic (exact) mass is 430 g/mol. The van der Waals surface area contributed by atoms with Crippen molar-refractivity contribution in [3.05, 3.63) is 106 Å². The Bertz CT molecular complexity index is 1160. The van der Waals surface area contributed by atoms with E-state index < -0.39 is 5.97 Å². The molecule has 0 aromatic heterocycles. The largest absolute Gasteiger partial charge is 0.489 e. The molecule has 31 heavy (non-hydrogen) atoms. The molecule has 1 unspecified atom stereocenters. The van der Waals surface area contributed by atoms with Crippen LogP contribution in [0.4, 0.5) is 5.69 Å². The number of anilines is 1. The molecule has 1 N–H and O–H groups in total. The van der Waals surface area contributed by atoms with Gasteiger partial charge in [-0.1, -0.05) is 35.9 Å². The minimum Gasteiger partial charge on any atom is -0.489 e. The number of carbonyl (C=O) groups is 1. The maximum absolute atomic E-state index is 11.1.